The first kappa shape index (κ1) is 16.5. The fourth-order valence-corrected chi connectivity index (χ4v) is 3.19. The molecule has 4 rings (SSSR count). The molecule has 1 aromatic carbocycles. The summed E-state index contributed by atoms with van der Waals surface area (Å²) in [7, 11) is 1.39. The van der Waals surface area contributed by atoms with Gasteiger partial charge in [-0.15, -0.1) is 0 Å². The SMILES string of the molecule is COC(=O)c1ccc(Cn2ccc3ccc(C4=CCOCC4)nc32)cc1. The van der Waals surface area contributed by atoms with Crippen LogP contribution >= 0.6 is 0 Å². The quantitative estimate of drug-likeness (QED) is 0.675. The first-order valence-corrected chi connectivity index (χ1v) is 8.65. The molecular weight excluding hydrogens is 328 g/mol. The van der Waals surface area contributed by atoms with Gasteiger partial charge in [0.25, 0.3) is 0 Å². The zero-order chi connectivity index (χ0) is 17.9. The van der Waals surface area contributed by atoms with Crippen LogP contribution in [0.4, 0.5) is 0 Å². The molecule has 0 saturated carbocycles. The molecule has 0 saturated heterocycles. The first-order valence-electron chi connectivity index (χ1n) is 8.65. The second-order valence-electron chi connectivity index (χ2n) is 6.30. The lowest BCUT2D eigenvalue weighted by atomic mass is 10.1. The topological polar surface area (TPSA) is 53.4 Å². The minimum atomic E-state index is -0.320. The number of carbonyl (C=O) groups excluding carboxylic acids is 1. The molecule has 0 unspecified atom stereocenters. The number of hydrogen-bond donors (Lipinski definition) is 0. The molecule has 0 N–H and O–H groups in total. The number of esters is 1. The summed E-state index contributed by atoms with van der Waals surface area (Å²) in [4.78, 5) is 16.4. The van der Waals surface area contributed by atoms with Crippen LogP contribution in [-0.2, 0) is 16.0 Å². The lowest BCUT2D eigenvalue weighted by Crippen LogP contribution is -2.06. The fraction of sp³-hybridized carbons (Fsp3) is 0.238. The van der Waals surface area contributed by atoms with Gasteiger partial charge in [-0.3, -0.25) is 0 Å². The van der Waals surface area contributed by atoms with Crippen molar-refractivity contribution in [3.05, 3.63) is 71.6 Å². The number of methoxy groups -OCH3 is 1. The molecule has 26 heavy (non-hydrogen) atoms. The second kappa shape index (κ2) is 7.14. The standard InChI is InChI=1S/C21H20N2O3/c1-25-21(24)18-4-2-15(3-5-18)14-23-11-8-17-6-7-19(22-20(17)23)16-9-12-26-13-10-16/h2-9,11H,10,12-14H2,1H3. The molecule has 0 radical (unpaired) electrons. The van der Waals surface area contributed by atoms with Crippen LogP contribution in [0.25, 0.3) is 16.6 Å². The highest BCUT2D eigenvalue weighted by Crippen LogP contribution is 2.23. The van der Waals surface area contributed by atoms with E-state index in [1.165, 1.54) is 12.7 Å². The van der Waals surface area contributed by atoms with Crippen LogP contribution in [0.15, 0.2) is 54.7 Å². The summed E-state index contributed by atoms with van der Waals surface area (Å²) < 4.78 is 12.3. The maximum atomic E-state index is 11.6. The van der Waals surface area contributed by atoms with Gasteiger partial charge >= 0.3 is 5.97 Å². The number of ether oxygens (including phenoxy) is 2. The Morgan fingerprint density at radius 1 is 1.19 bits per heavy atom. The highest BCUT2D eigenvalue weighted by molar-refractivity contribution is 5.89. The Balaban J connectivity index is 1.62. The molecule has 1 aliphatic heterocycles. The van der Waals surface area contributed by atoms with Crippen LogP contribution in [0.2, 0.25) is 0 Å². The van der Waals surface area contributed by atoms with E-state index in [1.807, 2.05) is 18.3 Å². The molecule has 5 heteroatoms. The van der Waals surface area contributed by atoms with Gasteiger partial charge in [0.05, 0.1) is 31.6 Å². The molecule has 0 bridgehead atoms. The third-order valence-electron chi connectivity index (χ3n) is 4.63. The highest BCUT2D eigenvalue weighted by atomic mass is 16.5. The van der Waals surface area contributed by atoms with Gasteiger partial charge in [-0.05, 0) is 47.9 Å². The number of nitrogens with zero attached hydrogens (tertiary/aromatic N) is 2. The van der Waals surface area contributed by atoms with Gasteiger partial charge in [-0.2, -0.15) is 0 Å². The molecule has 0 atom stereocenters. The average molecular weight is 348 g/mol. The monoisotopic (exact) mass is 348 g/mol. The van der Waals surface area contributed by atoms with Crippen molar-refractivity contribution in [3.63, 3.8) is 0 Å². The number of hydrogen-bond acceptors (Lipinski definition) is 4. The molecule has 132 valence electrons. The Hall–Kier alpha value is -2.92. The van der Waals surface area contributed by atoms with Crippen LogP contribution in [0.3, 0.4) is 0 Å². The molecule has 0 amide bonds. The van der Waals surface area contributed by atoms with Crippen molar-refractivity contribution in [1.82, 2.24) is 9.55 Å². The Morgan fingerprint density at radius 3 is 2.77 bits per heavy atom. The van der Waals surface area contributed by atoms with Crippen molar-refractivity contribution in [2.24, 2.45) is 0 Å². The Kier molecular flexibility index (Phi) is 4.54. The van der Waals surface area contributed by atoms with Crippen molar-refractivity contribution in [1.29, 1.82) is 0 Å². The summed E-state index contributed by atoms with van der Waals surface area (Å²) in [6.45, 7) is 2.10. The second-order valence-corrected chi connectivity index (χ2v) is 6.30. The van der Waals surface area contributed by atoms with E-state index in [1.54, 1.807) is 12.1 Å². The van der Waals surface area contributed by atoms with Gasteiger partial charge in [0.15, 0.2) is 0 Å². The largest absolute Gasteiger partial charge is 0.465 e. The number of fused-ring (bicyclic) bond motifs is 1. The Labute approximate surface area is 151 Å². The molecule has 0 aliphatic carbocycles. The summed E-state index contributed by atoms with van der Waals surface area (Å²) in [6, 6.07) is 13.7. The van der Waals surface area contributed by atoms with Gasteiger partial charge in [0.1, 0.15) is 5.65 Å². The summed E-state index contributed by atoms with van der Waals surface area (Å²) in [5.74, 6) is -0.320. The molecule has 3 aromatic rings. The zero-order valence-corrected chi connectivity index (χ0v) is 14.6. The molecule has 1 aliphatic rings. The van der Waals surface area contributed by atoms with Crippen molar-refractivity contribution in [3.8, 4) is 0 Å². The van der Waals surface area contributed by atoms with E-state index in [4.69, 9.17) is 14.5 Å². The van der Waals surface area contributed by atoms with E-state index in [0.717, 1.165) is 35.3 Å². The van der Waals surface area contributed by atoms with Crippen molar-refractivity contribution in [2.75, 3.05) is 20.3 Å². The van der Waals surface area contributed by atoms with Crippen LogP contribution in [-0.4, -0.2) is 35.8 Å². The van der Waals surface area contributed by atoms with Gasteiger partial charge in [-0.1, -0.05) is 18.2 Å². The lowest BCUT2D eigenvalue weighted by molar-refractivity contribution is 0.0600. The summed E-state index contributed by atoms with van der Waals surface area (Å²) in [5, 5.41) is 1.12. The van der Waals surface area contributed by atoms with E-state index < -0.39 is 0 Å². The number of benzene rings is 1. The average Bonchev–Trinajstić information content (AvgIpc) is 3.10. The third kappa shape index (κ3) is 3.26. The van der Waals surface area contributed by atoms with E-state index in [9.17, 15) is 4.79 Å². The Morgan fingerprint density at radius 2 is 2.04 bits per heavy atom. The van der Waals surface area contributed by atoms with E-state index >= 15 is 0 Å². The molecular formula is C21H20N2O3. The molecule has 0 fully saturated rings. The normalized spacial score (nSPS) is 14.3. The third-order valence-corrected chi connectivity index (χ3v) is 4.63. The van der Waals surface area contributed by atoms with Crippen LogP contribution in [0.1, 0.15) is 28.0 Å². The van der Waals surface area contributed by atoms with E-state index in [2.05, 4.69) is 28.8 Å². The predicted octanol–water partition coefficient (Wildman–Crippen LogP) is 3.67. The minimum Gasteiger partial charge on any atom is -0.465 e. The van der Waals surface area contributed by atoms with E-state index in [0.29, 0.717) is 18.7 Å². The van der Waals surface area contributed by atoms with Gasteiger partial charge < -0.3 is 14.0 Å². The number of rotatable bonds is 4. The zero-order valence-electron chi connectivity index (χ0n) is 14.6. The molecule has 5 nitrogen and oxygen atoms in total. The molecule has 3 heterocycles. The Bertz CT molecular complexity index is 971. The summed E-state index contributed by atoms with van der Waals surface area (Å²) in [6.07, 6.45) is 5.05. The van der Waals surface area contributed by atoms with Crippen LogP contribution in [0, 0.1) is 0 Å². The lowest BCUT2D eigenvalue weighted by Gasteiger charge is -2.13. The highest BCUT2D eigenvalue weighted by Gasteiger charge is 2.11. The first-order chi connectivity index (χ1) is 12.7. The van der Waals surface area contributed by atoms with Crippen molar-refractivity contribution in [2.45, 2.75) is 13.0 Å². The number of carbonyl (C=O) groups is 1. The molecule has 2 aromatic heterocycles. The molecule has 0 spiro atoms. The van der Waals surface area contributed by atoms with Crippen LogP contribution < -0.4 is 0 Å². The minimum absolute atomic E-state index is 0.320. The maximum absolute atomic E-state index is 11.6. The summed E-state index contributed by atoms with van der Waals surface area (Å²) >= 11 is 0. The maximum Gasteiger partial charge on any atom is 0.337 e. The van der Waals surface area contributed by atoms with Gasteiger partial charge in [-0.25, -0.2) is 9.78 Å². The van der Waals surface area contributed by atoms with Gasteiger partial charge in [0.2, 0.25) is 0 Å². The van der Waals surface area contributed by atoms with Gasteiger partial charge in [0, 0.05) is 18.1 Å². The fourth-order valence-electron chi connectivity index (χ4n) is 3.19. The van der Waals surface area contributed by atoms with E-state index in [-0.39, 0.29) is 5.97 Å². The van der Waals surface area contributed by atoms with Crippen molar-refractivity contribution < 1.29 is 14.3 Å². The van der Waals surface area contributed by atoms with Crippen LogP contribution in [0.5, 0.6) is 0 Å². The van der Waals surface area contributed by atoms with Crippen molar-refractivity contribution >= 4 is 22.6 Å². The number of pyridine rings is 1. The smallest absolute Gasteiger partial charge is 0.337 e. The predicted molar refractivity (Wildman–Crippen MR) is 100 cm³/mol. The summed E-state index contributed by atoms with van der Waals surface area (Å²) in [5.41, 5.74) is 4.88. The number of aromatic nitrogens is 2.